The lowest BCUT2D eigenvalue weighted by molar-refractivity contribution is 0.415. The standard InChI is InChI=1S/C12H13NOS/c1-8-12(11(13)7-15-8)9-3-5-10(14-2)6-4-9/h3-7H,13H2,1-2H3. The Labute approximate surface area is 93.3 Å². The van der Waals surface area contributed by atoms with Crippen LogP contribution in [0.25, 0.3) is 11.1 Å². The van der Waals surface area contributed by atoms with Crippen molar-refractivity contribution in [1.82, 2.24) is 0 Å². The van der Waals surface area contributed by atoms with Crippen molar-refractivity contribution in [3.05, 3.63) is 34.5 Å². The summed E-state index contributed by atoms with van der Waals surface area (Å²) in [5.41, 5.74) is 9.06. The fourth-order valence-corrected chi connectivity index (χ4v) is 2.38. The Morgan fingerprint density at radius 3 is 2.33 bits per heavy atom. The molecule has 0 bridgehead atoms. The fourth-order valence-electron chi connectivity index (χ4n) is 1.60. The lowest BCUT2D eigenvalue weighted by Gasteiger charge is -2.04. The van der Waals surface area contributed by atoms with Gasteiger partial charge in [0, 0.05) is 15.8 Å². The van der Waals surface area contributed by atoms with Crippen molar-refractivity contribution in [1.29, 1.82) is 0 Å². The minimum atomic E-state index is 0.850. The number of rotatable bonds is 2. The number of benzene rings is 1. The summed E-state index contributed by atoms with van der Waals surface area (Å²) in [7, 11) is 1.67. The Bertz CT molecular complexity index is 439. The van der Waals surface area contributed by atoms with Crippen molar-refractivity contribution in [3.8, 4) is 16.9 Å². The third-order valence-corrected chi connectivity index (χ3v) is 3.31. The molecule has 15 heavy (non-hydrogen) atoms. The van der Waals surface area contributed by atoms with Crippen LogP contribution >= 0.6 is 11.3 Å². The molecule has 2 rings (SSSR count). The topological polar surface area (TPSA) is 35.2 Å². The zero-order valence-electron chi connectivity index (χ0n) is 8.78. The highest BCUT2D eigenvalue weighted by Crippen LogP contribution is 2.34. The van der Waals surface area contributed by atoms with Crippen molar-refractivity contribution in [2.45, 2.75) is 6.92 Å². The SMILES string of the molecule is COc1ccc(-c2c(N)csc2C)cc1. The zero-order chi connectivity index (χ0) is 10.8. The van der Waals surface area contributed by atoms with Crippen molar-refractivity contribution in [3.63, 3.8) is 0 Å². The Morgan fingerprint density at radius 1 is 1.20 bits per heavy atom. The molecule has 0 radical (unpaired) electrons. The number of anilines is 1. The van der Waals surface area contributed by atoms with E-state index in [0.717, 1.165) is 22.6 Å². The van der Waals surface area contributed by atoms with E-state index in [1.165, 1.54) is 4.88 Å². The first-order valence-electron chi connectivity index (χ1n) is 4.70. The molecule has 1 heterocycles. The molecule has 0 unspecified atom stereocenters. The van der Waals surface area contributed by atoms with Crippen LogP contribution in [0.15, 0.2) is 29.6 Å². The highest BCUT2D eigenvalue weighted by atomic mass is 32.1. The first kappa shape index (κ1) is 10.1. The molecule has 2 nitrogen and oxygen atoms in total. The molecule has 0 atom stereocenters. The summed E-state index contributed by atoms with van der Waals surface area (Å²) < 4.78 is 5.12. The minimum absolute atomic E-state index is 0.850. The summed E-state index contributed by atoms with van der Waals surface area (Å²) in [5.74, 6) is 0.866. The van der Waals surface area contributed by atoms with Crippen LogP contribution in [0.1, 0.15) is 4.88 Å². The summed E-state index contributed by atoms with van der Waals surface area (Å²) in [4.78, 5) is 1.25. The summed E-state index contributed by atoms with van der Waals surface area (Å²) >= 11 is 1.68. The number of nitrogen functional groups attached to an aromatic ring is 1. The third-order valence-electron chi connectivity index (χ3n) is 2.38. The van der Waals surface area contributed by atoms with Gasteiger partial charge in [0.15, 0.2) is 0 Å². The van der Waals surface area contributed by atoms with Crippen LogP contribution in [0.3, 0.4) is 0 Å². The quantitative estimate of drug-likeness (QED) is 0.841. The van der Waals surface area contributed by atoms with Crippen molar-refractivity contribution < 1.29 is 4.74 Å². The van der Waals surface area contributed by atoms with Crippen molar-refractivity contribution in [2.75, 3.05) is 12.8 Å². The molecule has 0 aliphatic rings. The molecule has 0 saturated carbocycles. The predicted octanol–water partition coefficient (Wildman–Crippen LogP) is 3.31. The second-order valence-electron chi connectivity index (χ2n) is 3.35. The van der Waals surface area contributed by atoms with Crippen molar-refractivity contribution >= 4 is 17.0 Å². The molecule has 3 heteroatoms. The molecule has 78 valence electrons. The first-order valence-corrected chi connectivity index (χ1v) is 5.58. The molecule has 1 aromatic carbocycles. The maximum absolute atomic E-state index is 5.92. The second-order valence-corrected chi connectivity index (χ2v) is 4.43. The first-order chi connectivity index (χ1) is 7.22. The predicted molar refractivity (Wildman–Crippen MR) is 65.5 cm³/mol. The Morgan fingerprint density at radius 2 is 1.87 bits per heavy atom. The molecule has 0 amide bonds. The van der Waals surface area contributed by atoms with Gasteiger partial charge in [-0.25, -0.2) is 0 Å². The number of nitrogens with two attached hydrogens (primary N) is 1. The van der Waals surface area contributed by atoms with E-state index >= 15 is 0 Å². The normalized spacial score (nSPS) is 10.3. The average molecular weight is 219 g/mol. The van der Waals surface area contributed by atoms with Gasteiger partial charge in [-0.3, -0.25) is 0 Å². The van der Waals surface area contributed by atoms with E-state index in [9.17, 15) is 0 Å². The maximum atomic E-state index is 5.92. The summed E-state index contributed by atoms with van der Waals surface area (Å²) in [5, 5.41) is 1.98. The highest BCUT2D eigenvalue weighted by molar-refractivity contribution is 7.11. The van der Waals surface area contributed by atoms with Crippen LogP contribution in [0.2, 0.25) is 0 Å². The number of ether oxygens (including phenoxy) is 1. The number of hydrogen-bond donors (Lipinski definition) is 1. The largest absolute Gasteiger partial charge is 0.497 e. The van der Waals surface area contributed by atoms with Crippen molar-refractivity contribution in [2.24, 2.45) is 0 Å². The fraction of sp³-hybridized carbons (Fsp3) is 0.167. The molecule has 0 aliphatic carbocycles. The van der Waals surface area contributed by atoms with Gasteiger partial charge in [0.2, 0.25) is 0 Å². The molecule has 0 spiro atoms. The summed E-state index contributed by atoms with van der Waals surface area (Å²) in [6, 6.07) is 7.96. The Balaban J connectivity index is 2.45. The summed E-state index contributed by atoms with van der Waals surface area (Å²) in [6.45, 7) is 2.08. The number of aryl methyl sites for hydroxylation is 1. The number of thiophene rings is 1. The van der Waals surface area contributed by atoms with Crippen LogP contribution in [0, 0.1) is 6.92 Å². The zero-order valence-corrected chi connectivity index (χ0v) is 9.60. The van der Waals surface area contributed by atoms with Crippen LogP contribution in [-0.4, -0.2) is 7.11 Å². The van der Waals surface area contributed by atoms with Gasteiger partial charge in [-0.05, 0) is 24.6 Å². The molecule has 2 aromatic rings. The van der Waals surface area contributed by atoms with Gasteiger partial charge in [-0.1, -0.05) is 12.1 Å². The lowest BCUT2D eigenvalue weighted by Crippen LogP contribution is -1.87. The van der Waals surface area contributed by atoms with E-state index in [4.69, 9.17) is 10.5 Å². The van der Waals surface area contributed by atoms with E-state index < -0.39 is 0 Å². The lowest BCUT2D eigenvalue weighted by atomic mass is 10.1. The van der Waals surface area contributed by atoms with Gasteiger partial charge in [0.05, 0.1) is 12.8 Å². The number of hydrogen-bond acceptors (Lipinski definition) is 3. The molecule has 0 fully saturated rings. The smallest absolute Gasteiger partial charge is 0.118 e. The maximum Gasteiger partial charge on any atom is 0.118 e. The van der Waals surface area contributed by atoms with Crippen LogP contribution in [-0.2, 0) is 0 Å². The minimum Gasteiger partial charge on any atom is -0.497 e. The van der Waals surface area contributed by atoms with E-state index in [2.05, 4.69) is 6.92 Å². The average Bonchev–Trinajstić information content (AvgIpc) is 2.59. The molecule has 1 aromatic heterocycles. The second kappa shape index (κ2) is 3.95. The molecule has 0 saturated heterocycles. The van der Waals surface area contributed by atoms with Gasteiger partial charge in [-0.2, -0.15) is 0 Å². The third kappa shape index (κ3) is 1.83. The van der Waals surface area contributed by atoms with Crippen LogP contribution in [0.4, 0.5) is 5.69 Å². The van der Waals surface area contributed by atoms with E-state index in [-0.39, 0.29) is 0 Å². The molecular weight excluding hydrogens is 206 g/mol. The summed E-state index contributed by atoms with van der Waals surface area (Å²) in [6.07, 6.45) is 0. The number of methoxy groups -OCH3 is 1. The monoisotopic (exact) mass is 219 g/mol. The Kier molecular flexibility index (Phi) is 2.64. The Hall–Kier alpha value is -1.48. The highest BCUT2D eigenvalue weighted by Gasteiger charge is 2.07. The van der Waals surface area contributed by atoms with Gasteiger partial charge in [-0.15, -0.1) is 11.3 Å². The van der Waals surface area contributed by atoms with Gasteiger partial charge >= 0.3 is 0 Å². The van der Waals surface area contributed by atoms with Gasteiger partial charge in [0.1, 0.15) is 5.75 Å². The molecule has 2 N–H and O–H groups in total. The van der Waals surface area contributed by atoms with Gasteiger partial charge in [0.25, 0.3) is 0 Å². The molecular formula is C12H13NOS. The molecule has 0 aliphatic heterocycles. The van der Waals surface area contributed by atoms with Crippen LogP contribution < -0.4 is 10.5 Å². The van der Waals surface area contributed by atoms with E-state index in [1.54, 1.807) is 18.4 Å². The van der Waals surface area contributed by atoms with Crippen LogP contribution in [0.5, 0.6) is 5.75 Å². The van der Waals surface area contributed by atoms with E-state index in [1.807, 2.05) is 29.6 Å². The van der Waals surface area contributed by atoms with E-state index in [0.29, 0.717) is 0 Å². The van der Waals surface area contributed by atoms with Gasteiger partial charge < -0.3 is 10.5 Å².